The Kier molecular flexibility index (Phi) is 5.10. The Hall–Kier alpha value is -1.42. The Balaban J connectivity index is 2.77. The molecule has 0 aliphatic carbocycles. The molecule has 1 unspecified atom stereocenters. The van der Waals surface area contributed by atoms with Gasteiger partial charge in [0.15, 0.2) is 0 Å². The lowest BCUT2D eigenvalue weighted by Gasteiger charge is -2.08. The second-order valence-electron chi connectivity index (χ2n) is 3.37. The monoisotopic (exact) mass is 258 g/mol. The van der Waals surface area contributed by atoms with Crippen LogP contribution >= 0.6 is 11.6 Å². The Morgan fingerprint density at radius 2 is 2.06 bits per heavy atom. The number of carbonyl (C=O) groups is 2. The highest BCUT2D eigenvalue weighted by molar-refractivity contribution is 6.34. The maximum absolute atomic E-state index is 13.5. The van der Waals surface area contributed by atoms with Crippen LogP contribution in [0.25, 0.3) is 0 Å². The molecule has 1 aromatic rings. The van der Waals surface area contributed by atoms with Crippen molar-refractivity contribution in [1.29, 1.82) is 0 Å². The summed E-state index contributed by atoms with van der Waals surface area (Å²) in [6, 6.07) is 5.98. The Bertz CT molecular complexity index is 420. The van der Waals surface area contributed by atoms with Crippen molar-refractivity contribution in [2.24, 2.45) is 0 Å². The van der Waals surface area contributed by atoms with Crippen molar-refractivity contribution < 1.29 is 18.7 Å². The summed E-state index contributed by atoms with van der Waals surface area (Å²) in [6.07, 6.45) is -1.75. The smallest absolute Gasteiger partial charge is 0.349 e. The molecular formula is C12H12ClFO3. The molecule has 0 amide bonds. The zero-order valence-corrected chi connectivity index (χ0v) is 10.0. The molecule has 17 heavy (non-hydrogen) atoms. The van der Waals surface area contributed by atoms with Gasteiger partial charge in [-0.2, -0.15) is 0 Å². The molecule has 0 aromatic heterocycles. The molecule has 0 heterocycles. The van der Waals surface area contributed by atoms with Gasteiger partial charge in [-0.05, 0) is 18.6 Å². The molecule has 0 fully saturated rings. The van der Waals surface area contributed by atoms with E-state index in [-0.39, 0.29) is 17.2 Å². The van der Waals surface area contributed by atoms with E-state index in [1.54, 1.807) is 19.1 Å². The van der Waals surface area contributed by atoms with Gasteiger partial charge in [-0.25, -0.2) is 9.18 Å². The highest BCUT2D eigenvalue weighted by atomic mass is 35.5. The number of Topliss-reactive ketones (excluding diaryl/α,β-unsaturated/α-hetero) is 1. The topological polar surface area (TPSA) is 43.4 Å². The highest BCUT2D eigenvalue weighted by Gasteiger charge is 2.29. The molecule has 92 valence electrons. The van der Waals surface area contributed by atoms with E-state index < -0.39 is 17.9 Å². The van der Waals surface area contributed by atoms with E-state index in [0.29, 0.717) is 6.42 Å². The third-order valence-corrected chi connectivity index (χ3v) is 2.35. The molecule has 1 atom stereocenters. The maximum Gasteiger partial charge on any atom is 0.349 e. The summed E-state index contributed by atoms with van der Waals surface area (Å²) in [5.74, 6) is -2.14. The van der Waals surface area contributed by atoms with Crippen LogP contribution in [0.4, 0.5) is 4.39 Å². The van der Waals surface area contributed by atoms with Crippen LogP contribution in [0.1, 0.15) is 23.7 Å². The van der Waals surface area contributed by atoms with E-state index in [2.05, 4.69) is 4.74 Å². The van der Waals surface area contributed by atoms with Crippen LogP contribution < -0.4 is 0 Å². The van der Waals surface area contributed by atoms with E-state index in [9.17, 15) is 14.0 Å². The van der Waals surface area contributed by atoms with Gasteiger partial charge in [0, 0.05) is 5.56 Å². The van der Waals surface area contributed by atoms with E-state index in [1.807, 2.05) is 0 Å². The van der Waals surface area contributed by atoms with Crippen LogP contribution in [-0.2, 0) is 9.53 Å². The SMILES string of the molecule is CCCOC(=O)C(F)C(=O)c1ccccc1Cl. The maximum atomic E-state index is 13.5. The first kappa shape index (κ1) is 13.6. The number of halogens is 2. The average molecular weight is 259 g/mol. The van der Waals surface area contributed by atoms with Crippen LogP contribution in [0.2, 0.25) is 5.02 Å². The van der Waals surface area contributed by atoms with E-state index in [4.69, 9.17) is 11.6 Å². The number of ketones is 1. The van der Waals surface area contributed by atoms with E-state index in [0.717, 1.165) is 0 Å². The largest absolute Gasteiger partial charge is 0.463 e. The molecule has 0 radical (unpaired) electrons. The Labute approximate surface area is 104 Å². The summed E-state index contributed by atoms with van der Waals surface area (Å²) < 4.78 is 18.1. The van der Waals surface area contributed by atoms with Crippen LogP contribution in [0.3, 0.4) is 0 Å². The first-order valence-corrected chi connectivity index (χ1v) is 5.55. The molecule has 0 aliphatic rings. The number of ether oxygens (including phenoxy) is 1. The van der Waals surface area contributed by atoms with Crippen molar-refractivity contribution in [3.8, 4) is 0 Å². The van der Waals surface area contributed by atoms with Crippen molar-refractivity contribution in [1.82, 2.24) is 0 Å². The number of carbonyl (C=O) groups excluding carboxylic acids is 2. The van der Waals surface area contributed by atoms with Crippen molar-refractivity contribution in [3.05, 3.63) is 34.9 Å². The quantitative estimate of drug-likeness (QED) is 0.463. The molecule has 0 bridgehead atoms. The molecule has 1 rings (SSSR count). The van der Waals surface area contributed by atoms with Gasteiger partial charge in [0.05, 0.1) is 11.6 Å². The number of rotatable bonds is 5. The van der Waals surface area contributed by atoms with Crippen LogP contribution in [-0.4, -0.2) is 24.5 Å². The van der Waals surface area contributed by atoms with Gasteiger partial charge in [0.2, 0.25) is 5.78 Å². The second kappa shape index (κ2) is 6.35. The van der Waals surface area contributed by atoms with Crippen molar-refractivity contribution in [2.75, 3.05) is 6.61 Å². The standard InChI is InChI=1S/C12H12ClFO3/c1-2-7-17-12(16)10(14)11(15)8-5-3-4-6-9(8)13/h3-6,10H,2,7H2,1H3. The predicted octanol–water partition coefficient (Wildman–Crippen LogP) is 2.81. The number of hydrogen-bond acceptors (Lipinski definition) is 3. The molecule has 0 aliphatic heterocycles. The molecule has 0 N–H and O–H groups in total. The van der Waals surface area contributed by atoms with E-state index >= 15 is 0 Å². The van der Waals surface area contributed by atoms with Crippen LogP contribution in [0.5, 0.6) is 0 Å². The molecule has 0 saturated carbocycles. The lowest BCUT2D eigenvalue weighted by atomic mass is 10.1. The summed E-state index contributed by atoms with van der Waals surface area (Å²) in [6.45, 7) is 1.87. The normalized spacial score (nSPS) is 11.9. The van der Waals surface area contributed by atoms with Gasteiger partial charge in [-0.3, -0.25) is 4.79 Å². The zero-order valence-electron chi connectivity index (χ0n) is 9.28. The predicted molar refractivity (Wildman–Crippen MR) is 61.9 cm³/mol. The fourth-order valence-electron chi connectivity index (χ4n) is 1.18. The fourth-order valence-corrected chi connectivity index (χ4v) is 1.41. The summed E-state index contributed by atoms with van der Waals surface area (Å²) >= 11 is 5.73. The van der Waals surface area contributed by atoms with Crippen LogP contribution in [0, 0.1) is 0 Å². The molecule has 5 heteroatoms. The molecule has 0 saturated heterocycles. The average Bonchev–Trinajstić information content (AvgIpc) is 2.34. The molecular weight excluding hydrogens is 247 g/mol. The van der Waals surface area contributed by atoms with Crippen molar-refractivity contribution in [2.45, 2.75) is 19.5 Å². The fraction of sp³-hybridized carbons (Fsp3) is 0.333. The summed E-state index contributed by atoms with van der Waals surface area (Å²) in [5, 5.41) is 0.114. The molecule has 3 nitrogen and oxygen atoms in total. The number of esters is 1. The Morgan fingerprint density at radius 3 is 2.65 bits per heavy atom. The first-order chi connectivity index (χ1) is 8.07. The highest BCUT2D eigenvalue weighted by Crippen LogP contribution is 2.18. The third-order valence-electron chi connectivity index (χ3n) is 2.02. The lowest BCUT2D eigenvalue weighted by molar-refractivity contribution is -0.147. The molecule has 0 spiro atoms. The lowest BCUT2D eigenvalue weighted by Crippen LogP contribution is -2.28. The Morgan fingerprint density at radius 1 is 1.41 bits per heavy atom. The number of hydrogen-bond donors (Lipinski definition) is 0. The van der Waals surface area contributed by atoms with Gasteiger partial charge in [0.1, 0.15) is 0 Å². The summed E-state index contributed by atoms with van der Waals surface area (Å²) in [7, 11) is 0. The van der Waals surface area contributed by atoms with Crippen LogP contribution in [0.15, 0.2) is 24.3 Å². The van der Waals surface area contributed by atoms with E-state index in [1.165, 1.54) is 12.1 Å². The minimum Gasteiger partial charge on any atom is -0.463 e. The van der Waals surface area contributed by atoms with Gasteiger partial charge in [-0.1, -0.05) is 30.7 Å². The van der Waals surface area contributed by atoms with Gasteiger partial charge >= 0.3 is 5.97 Å². The van der Waals surface area contributed by atoms with Gasteiger partial charge in [-0.15, -0.1) is 0 Å². The van der Waals surface area contributed by atoms with Crippen molar-refractivity contribution in [3.63, 3.8) is 0 Å². The number of alkyl halides is 1. The molecule has 1 aromatic carbocycles. The minimum atomic E-state index is -2.32. The summed E-state index contributed by atoms with van der Waals surface area (Å²) in [5.41, 5.74) is -0.0184. The van der Waals surface area contributed by atoms with Crippen molar-refractivity contribution >= 4 is 23.4 Å². The second-order valence-corrected chi connectivity index (χ2v) is 3.78. The summed E-state index contributed by atoms with van der Waals surface area (Å²) in [4.78, 5) is 22.8. The minimum absolute atomic E-state index is 0.0184. The van der Waals surface area contributed by atoms with Gasteiger partial charge in [0.25, 0.3) is 6.17 Å². The number of benzene rings is 1. The first-order valence-electron chi connectivity index (χ1n) is 5.17. The van der Waals surface area contributed by atoms with Gasteiger partial charge < -0.3 is 4.74 Å². The third kappa shape index (κ3) is 3.53. The zero-order chi connectivity index (χ0) is 12.8.